The van der Waals surface area contributed by atoms with Crippen molar-refractivity contribution >= 4 is 23.9 Å². The number of phenols is 7. The predicted octanol–water partition coefficient (Wildman–Crippen LogP) is 3.25. The molecule has 9 N–H and O–H groups in total. The Morgan fingerprint density at radius 1 is 0.615 bits per heavy atom. The van der Waals surface area contributed by atoms with Gasteiger partial charge in [0.25, 0.3) is 0 Å². The molecule has 1 aliphatic rings. The molecule has 4 unspecified atom stereocenters. The number of aryl methyl sites for hydroxylation is 1. The van der Waals surface area contributed by atoms with Gasteiger partial charge in [0.2, 0.25) is 12.2 Å². The number of carboxylic acids is 2. The number of esters is 2. The van der Waals surface area contributed by atoms with Crippen LogP contribution in [0.3, 0.4) is 0 Å². The maximum absolute atomic E-state index is 14.0. The number of fused-ring (bicyclic) bond motifs is 1. The van der Waals surface area contributed by atoms with Crippen molar-refractivity contribution in [3.8, 4) is 46.0 Å². The van der Waals surface area contributed by atoms with Gasteiger partial charge in [0.05, 0.1) is 0 Å². The number of phenolic OH excluding ortho intramolecular Hbond substituents is 7. The monoisotopic (exact) mass is 720 g/mol. The van der Waals surface area contributed by atoms with Gasteiger partial charge in [-0.15, -0.1) is 0 Å². The minimum Gasteiger partial charge on any atom is -0.504 e. The summed E-state index contributed by atoms with van der Waals surface area (Å²) in [5.74, 6) is -10.4. The lowest BCUT2D eigenvalue weighted by molar-refractivity contribution is -0.166. The third kappa shape index (κ3) is 7.96. The average molecular weight is 721 g/mol. The Morgan fingerprint density at radius 3 is 1.63 bits per heavy atom. The lowest BCUT2D eigenvalue weighted by Gasteiger charge is -2.22. The van der Waals surface area contributed by atoms with Crippen LogP contribution in [0.5, 0.6) is 46.0 Å². The number of rotatable bonds is 13. The standard InChI is InChI=1S/C36H32O16/c37-20-6-1-16(11-24(20)41)13-27(34(45)46)50-29(44)10-5-18-3-9-23(40)33-30(18)31(32(52-33)19-4-8-22(39)26(43)15-19)36(49)51-28(35(47)48)14-17-2-7-21(38)25(42)12-17/h1-4,6-9,11-12,15,27-28,31-32,37-43H,5,10,13-14H2,(H,45,46)(H,47,48). The first-order valence-corrected chi connectivity index (χ1v) is 15.5. The highest BCUT2D eigenvalue weighted by molar-refractivity contribution is 5.86. The van der Waals surface area contributed by atoms with Crippen LogP contribution in [-0.2, 0) is 47.9 Å². The number of aromatic hydroxyl groups is 7. The fourth-order valence-electron chi connectivity index (χ4n) is 5.72. The van der Waals surface area contributed by atoms with E-state index in [1.54, 1.807) is 0 Å². The Labute approximate surface area is 293 Å². The van der Waals surface area contributed by atoms with Crippen molar-refractivity contribution in [3.63, 3.8) is 0 Å². The molecule has 0 aliphatic carbocycles. The largest absolute Gasteiger partial charge is 0.504 e. The van der Waals surface area contributed by atoms with Crippen molar-refractivity contribution in [3.05, 3.63) is 94.5 Å². The smallest absolute Gasteiger partial charge is 0.345 e. The molecule has 0 radical (unpaired) electrons. The summed E-state index contributed by atoms with van der Waals surface area (Å²) in [5.41, 5.74) is 0.771. The Bertz CT molecular complexity index is 2040. The van der Waals surface area contributed by atoms with E-state index in [0.29, 0.717) is 0 Å². The number of aliphatic carboxylic acids is 2. The highest BCUT2D eigenvalue weighted by Gasteiger charge is 2.46. The Kier molecular flexibility index (Phi) is 10.5. The molecule has 1 heterocycles. The zero-order chi connectivity index (χ0) is 37.9. The number of carbonyl (C=O) groups is 4. The number of ether oxygens (including phenoxy) is 3. The molecule has 0 saturated carbocycles. The van der Waals surface area contributed by atoms with Crippen LogP contribution in [0.2, 0.25) is 0 Å². The Hall–Kier alpha value is -6.84. The lowest BCUT2D eigenvalue weighted by Crippen LogP contribution is -2.33. The van der Waals surface area contributed by atoms with Gasteiger partial charge in [-0.1, -0.05) is 24.3 Å². The molecule has 4 atom stereocenters. The fourth-order valence-corrected chi connectivity index (χ4v) is 5.72. The third-order valence-electron chi connectivity index (χ3n) is 8.31. The van der Waals surface area contributed by atoms with Gasteiger partial charge in [0.1, 0.15) is 12.0 Å². The molecule has 272 valence electrons. The minimum atomic E-state index is -1.83. The van der Waals surface area contributed by atoms with Gasteiger partial charge in [0.15, 0.2) is 46.0 Å². The normalized spacial score (nSPS) is 15.8. The molecule has 16 nitrogen and oxygen atoms in total. The Balaban J connectivity index is 1.43. The van der Waals surface area contributed by atoms with Gasteiger partial charge >= 0.3 is 23.9 Å². The molecule has 1 aliphatic heterocycles. The van der Waals surface area contributed by atoms with Crippen LogP contribution in [0.4, 0.5) is 0 Å². The summed E-state index contributed by atoms with van der Waals surface area (Å²) in [6.45, 7) is 0. The molecule has 0 spiro atoms. The quantitative estimate of drug-likeness (QED) is 0.0708. The van der Waals surface area contributed by atoms with E-state index in [1.807, 2.05) is 0 Å². The van der Waals surface area contributed by atoms with E-state index < -0.39 is 101 Å². The van der Waals surface area contributed by atoms with Crippen molar-refractivity contribution in [1.29, 1.82) is 0 Å². The van der Waals surface area contributed by atoms with Gasteiger partial charge in [-0.3, -0.25) is 9.59 Å². The predicted molar refractivity (Wildman–Crippen MR) is 174 cm³/mol. The summed E-state index contributed by atoms with van der Waals surface area (Å²) >= 11 is 0. The number of hydrogen-bond donors (Lipinski definition) is 9. The van der Waals surface area contributed by atoms with Crippen LogP contribution in [0.1, 0.15) is 46.3 Å². The van der Waals surface area contributed by atoms with E-state index >= 15 is 0 Å². The summed E-state index contributed by atoms with van der Waals surface area (Å²) in [6.07, 6.45) is -6.30. The molecule has 16 heteroatoms. The summed E-state index contributed by atoms with van der Waals surface area (Å²) < 4.78 is 16.6. The number of carboxylic acid groups (broad SMARTS) is 2. The fraction of sp³-hybridized carbons (Fsp3) is 0.222. The van der Waals surface area contributed by atoms with Crippen LogP contribution in [0.15, 0.2) is 66.7 Å². The van der Waals surface area contributed by atoms with Gasteiger partial charge < -0.3 is 60.2 Å². The zero-order valence-corrected chi connectivity index (χ0v) is 26.9. The van der Waals surface area contributed by atoms with Crippen molar-refractivity contribution in [2.24, 2.45) is 0 Å². The zero-order valence-electron chi connectivity index (χ0n) is 26.9. The van der Waals surface area contributed by atoms with Crippen LogP contribution in [-0.4, -0.2) is 82.0 Å². The number of hydrogen-bond acceptors (Lipinski definition) is 14. The molecule has 4 aromatic rings. The van der Waals surface area contributed by atoms with Crippen molar-refractivity contribution in [2.75, 3.05) is 0 Å². The lowest BCUT2D eigenvalue weighted by atomic mass is 9.86. The third-order valence-corrected chi connectivity index (χ3v) is 8.31. The van der Waals surface area contributed by atoms with Crippen LogP contribution in [0.25, 0.3) is 0 Å². The first-order valence-electron chi connectivity index (χ1n) is 15.5. The van der Waals surface area contributed by atoms with E-state index in [2.05, 4.69) is 0 Å². The number of carbonyl (C=O) groups excluding carboxylic acids is 2. The topological polar surface area (TPSA) is 278 Å². The molecular weight excluding hydrogens is 688 g/mol. The molecule has 5 rings (SSSR count). The van der Waals surface area contributed by atoms with Crippen LogP contribution in [0, 0.1) is 0 Å². The van der Waals surface area contributed by atoms with E-state index in [1.165, 1.54) is 30.3 Å². The molecule has 4 aromatic carbocycles. The van der Waals surface area contributed by atoms with E-state index in [4.69, 9.17) is 14.2 Å². The maximum Gasteiger partial charge on any atom is 0.345 e. The van der Waals surface area contributed by atoms with Gasteiger partial charge in [-0.05, 0) is 71.1 Å². The highest BCUT2D eigenvalue weighted by atomic mass is 16.6. The minimum absolute atomic E-state index is 0.00358. The highest BCUT2D eigenvalue weighted by Crippen LogP contribution is 2.53. The average Bonchev–Trinajstić information content (AvgIpc) is 3.50. The SMILES string of the molecule is O=C(CCc1ccc(O)c2c1C(C(=O)OC(Cc1ccc(O)c(O)c1)C(=O)O)C(c1ccc(O)c(O)c1)O2)OC(Cc1ccc(O)c(O)c1)C(=O)O. The second kappa shape index (κ2) is 15.0. The molecular formula is C36H32O16. The summed E-state index contributed by atoms with van der Waals surface area (Å²) in [7, 11) is 0. The first-order chi connectivity index (χ1) is 24.6. The second-order valence-corrected chi connectivity index (χ2v) is 11.9. The van der Waals surface area contributed by atoms with Crippen LogP contribution < -0.4 is 4.74 Å². The molecule has 0 fully saturated rings. The molecule has 0 amide bonds. The van der Waals surface area contributed by atoms with E-state index in [-0.39, 0.29) is 46.4 Å². The molecule has 0 saturated heterocycles. The van der Waals surface area contributed by atoms with Crippen molar-refractivity contribution in [1.82, 2.24) is 0 Å². The maximum atomic E-state index is 14.0. The van der Waals surface area contributed by atoms with E-state index in [0.717, 1.165) is 36.4 Å². The van der Waals surface area contributed by atoms with Crippen molar-refractivity contribution < 1.29 is 79.3 Å². The molecule has 52 heavy (non-hydrogen) atoms. The summed E-state index contributed by atoms with van der Waals surface area (Å²) in [6, 6.07) is 13.2. The number of benzene rings is 4. The molecule has 0 bridgehead atoms. The summed E-state index contributed by atoms with van der Waals surface area (Å²) in [5, 5.41) is 89.2. The van der Waals surface area contributed by atoms with Crippen molar-refractivity contribution in [2.45, 2.75) is 49.9 Å². The summed E-state index contributed by atoms with van der Waals surface area (Å²) in [4.78, 5) is 51.0. The first kappa shape index (κ1) is 36.4. The van der Waals surface area contributed by atoms with Gasteiger partial charge in [-0.25, -0.2) is 9.59 Å². The van der Waals surface area contributed by atoms with E-state index in [9.17, 15) is 65.1 Å². The van der Waals surface area contributed by atoms with Gasteiger partial charge in [-0.2, -0.15) is 0 Å². The van der Waals surface area contributed by atoms with Crippen LogP contribution >= 0.6 is 0 Å². The Morgan fingerprint density at radius 2 is 1.12 bits per heavy atom. The molecule has 0 aromatic heterocycles. The van der Waals surface area contributed by atoms with Gasteiger partial charge in [0, 0.05) is 24.8 Å². The second-order valence-electron chi connectivity index (χ2n) is 11.9.